The summed E-state index contributed by atoms with van der Waals surface area (Å²) in [6, 6.07) is 7.94. The minimum Gasteiger partial charge on any atom is -0.207 e. The molecule has 1 aromatic carbocycles. The molecule has 0 saturated heterocycles. The molecule has 0 N–H and O–H groups in total. The highest BCUT2D eigenvalue weighted by Crippen LogP contribution is 2.03. The number of hydrogen-bond acceptors (Lipinski definition) is 0. The predicted molar refractivity (Wildman–Crippen MR) is 47.7 cm³/mol. The van der Waals surface area contributed by atoms with Gasteiger partial charge in [0.15, 0.2) is 4.30 Å². The van der Waals surface area contributed by atoms with Gasteiger partial charge in [0.1, 0.15) is 5.82 Å². The Kier molecular flexibility index (Phi) is 6.73. The fourth-order valence-corrected chi connectivity index (χ4v) is 0.415. The molecule has 1 aromatic rings. The van der Waals surface area contributed by atoms with Gasteiger partial charge in [-0.3, -0.25) is 0 Å². The highest BCUT2D eigenvalue weighted by atomic mass is 35.6. The number of alkyl halides is 3. The van der Waals surface area contributed by atoms with E-state index >= 15 is 0 Å². The largest absolute Gasteiger partial charge is 0.207 e. The summed E-state index contributed by atoms with van der Waals surface area (Å²) >= 11 is 14.4. The molecule has 0 atom stereocenters. The monoisotopic (exact) mass is 214 g/mol. The zero-order valence-electron chi connectivity index (χ0n) is 5.48. The van der Waals surface area contributed by atoms with Gasteiger partial charge in [-0.1, -0.05) is 53.0 Å². The Morgan fingerprint density at radius 2 is 1.36 bits per heavy atom. The molecule has 0 aliphatic heterocycles. The van der Waals surface area contributed by atoms with Crippen LogP contribution < -0.4 is 0 Å². The van der Waals surface area contributed by atoms with Crippen molar-refractivity contribution in [2.75, 3.05) is 0 Å². The molecule has 0 aliphatic rings. The zero-order valence-corrected chi connectivity index (χ0v) is 7.74. The summed E-state index contributed by atoms with van der Waals surface area (Å²) < 4.78 is 11.2. The van der Waals surface area contributed by atoms with E-state index in [0.717, 1.165) is 0 Å². The fourth-order valence-electron chi connectivity index (χ4n) is 0.415. The lowest BCUT2D eigenvalue weighted by molar-refractivity contribution is 0.628. The second-order valence-corrected chi connectivity index (χ2v) is 3.52. The minimum absolute atomic E-state index is 0.178. The van der Waals surface area contributed by atoms with Gasteiger partial charge in [0, 0.05) is 0 Å². The van der Waals surface area contributed by atoms with E-state index in [1.807, 2.05) is 0 Å². The summed E-state index contributed by atoms with van der Waals surface area (Å²) in [6.07, 6.45) is 0. The molecule has 0 aromatic heterocycles. The van der Waals surface area contributed by atoms with E-state index in [1.165, 1.54) is 12.1 Å². The van der Waals surface area contributed by atoms with E-state index in [4.69, 9.17) is 34.8 Å². The fraction of sp³-hybridized carbons (Fsp3) is 0.143. The van der Waals surface area contributed by atoms with Crippen LogP contribution in [0.15, 0.2) is 30.3 Å². The summed E-state index contributed by atoms with van der Waals surface area (Å²) in [5, 5.41) is 0. The van der Waals surface area contributed by atoms with Crippen molar-refractivity contribution in [3.8, 4) is 0 Å². The molecule has 0 fully saturated rings. The Hall–Kier alpha value is 0.0200. The Morgan fingerprint density at radius 3 is 1.55 bits per heavy atom. The van der Waals surface area contributed by atoms with Gasteiger partial charge in [0.2, 0.25) is 0 Å². The number of benzene rings is 1. The molecule has 0 spiro atoms. The highest BCUT2D eigenvalue weighted by Gasteiger charge is 1.79. The van der Waals surface area contributed by atoms with Crippen LogP contribution in [0, 0.1) is 5.82 Å². The van der Waals surface area contributed by atoms with Crippen LogP contribution in [0.1, 0.15) is 0 Å². The first kappa shape index (κ1) is 11.0. The lowest BCUT2D eigenvalue weighted by atomic mass is 10.4. The van der Waals surface area contributed by atoms with Crippen molar-refractivity contribution in [3.63, 3.8) is 0 Å². The molecule has 62 valence electrons. The second kappa shape index (κ2) is 6.71. The Labute approximate surface area is 79.9 Å². The maximum atomic E-state index is 11.9. The molecular weight excluding hydrogens is 209 g/mol. The van der Waals surface area contributed by atoms with Crippen LogP contribution >= 0.6 is 34.8 Å². The van der Waals surface area contributed by atoms with E-state index < -0.39 is 4.30 Å². The summed E-state index contributed by atoms with van der Waals surface area (Å²) in [5.74, 6) is -0.178. The van der Waals surface area contributed by atoms with Crippen molar-refractivity contribution in [2.24, 2.45) is 0 Å². The minimum atomic E-state index is -0.750. The van der Waals surface area contributed by atoms with Crippen LogP contribution in [-0.4, -0.2) is 4.30 Å². The average molecular weight is 215 g/mol. The quantitative estimate of drug-likeness (QED) is 0.577. The van der Waals surface area contributed by atoms with Gasteiger partial charge in [0.25, 0.3) is 0 Å². The van der Waals surface area contributed by atoms with Crippen molar-refractivity contribution in [1.29, 1.82) is 0 Å². The first-order valence-electron chi connectivity index (χ1n) is 2.75. The van der Waals surface area contributed by atoms with Crippen LogP contribution in [0.2, 0.25) is 0 Å². The van der Waals surface area contributed by atoms with Crippen molar-refractivity contribution < 1.29 is 4.39 Å². The van der Waals surface area contributed by atoms with Gasteiger partial charge >= 0.3 is 0 Å². The Bertz CT molecular complexity index is 174. The molecule has 4 heteroatoms. The van der Waals surface area contributed by atoms with E-state index in [0.29, 0.717) is 0 Å². The van der Waals surface area contributed by atoms with E-state index in [2.05, 4.69) is 0 Å². The van der Waals surface area contributed by atoms with E-state index in [-0.39, 0.29) is 5.82 Å². The first-order valence-corrected chi connectivity index (χ1v) is 4.06. The van der Waals surface area contributed by atoms with Crippen molar-refractivity contribution in [3.05, 3.63) is 36.1 Å². The molecule has 0 bridgehead atoms. The zero-order chi connectivity index (χ0) is 8.69. The topological polar surface area (TPSA) is 0 Å². The maximum absolute atomic E-state index is 11.9. The first-order chi connectivity index (χ1) is 5.13. The van der Waals surface area contributed by atoms with Gasteiger partial charge < -0.3 is 0 Å². The number of hydrogen-bond donors (Lipinski definition) is 0. The maximum Gasteiger partial charge on any atom is 0.180 e. The predicted octanol–water partition coefficient (Wildman–Crippen LogP) is 3.81. The summed E-state index contributed by atoms with van der Waals surface area (Å²) in [5.41, 5.74) is 0. The van der Waals surface area contributed by atoms with Crippen LogP contribution in [0.25, 0.3) is 0 Å². The normalized spacial score (nSPS) is 8.82. The standard InChI is InChI=1S/C6H5F.CHCl3/c7-6-4-2-1-3-5-6;2-1(3)4/h1-5H;1H. The van der Waals surface area contributed by atoms with Crippen LogP contribution in [0.3, 0.4) is 0 Å². The molecule has 0 amide bonds. The van der Waals surface area contributed by atoms with E-state index in [1.54, 1.807) is 18.2 Å². The molecule has 0 saturated carbocycles. The van der Waals surface area contributed by atoms with Gasteiger partial charge in [-0.05, 0) is 12.1 Å². The smallest absolute Gasteiger partial charge is 0.180 e. The number of rotatable bonds is 0. The summed E-state index contributed by atoms with van der Waals surface area (Å²) in [6.45, 7) is 0. The van der Waals surface area contributed by atoms with Crippen molar-refractivity contribution in [2.45, 2.75) is 4.30 Å². The van der Waals surface area contributed by atoms with Crippen molar-refractivity contribution >= 4 is 34.8 Å². The lowest BCUT2D eigenvalue weighted by Crippen LogP contribution is -1.63. The SMILES string of the molecule is ClC(Cl)Cl.Fc1ccccc1. The van der Waals surface area contributed by atoms with Crippen LogP contribution in [-0.2, 0) is 0 Å². The Morgan fingerprint density at radius 1 is 1.00 bits per heavy atom. The molecule has 0 heterocycles. The van der Waals surface area contributed by atoms with E-state index in [9.17, 15) is 4.39 Å². The molecule has 0 nitrogen and oxygen atoms in total. The Balaban J connectivity index is 0.000000218. The molecule has 0 unspecified atom stereocenters. The van der Waals surface area contributed by atoms with Gasteiger partial charge in [-0.15, -0.1) is 0 Å². The van der Waals surface area contributed by atoms with Crippen LogP contribution in [0.4, 0.5) is 4.39 Å². The molecule has 0 aliphatic carbocycles. The van der Waals surface area contributed by atoms with Gasteiger partial charge in [0.05, 0.1) is 0 Å². The highest BCUT2D eigenvalue weighted by molar-refractivity contribution is 6.63. The third-order valence-electron chi connectivity index (χ3n) is 0.733. The molecule has 11 heavy (non-hydrogen) atoms. The summed E-state index contributed by atoms with van der Waals surface area (Å²) in [7, 11) is 0. The lowest BCUT2D eigenvalue weighted by Gasteiger charge is -1.78. The molecular formula is C7H6Cl3F. The average Bonchev–Trinajstić information content (AvgIpc) is 1.87. The summed E-state index contributed by atoms with van der Waals surface area (Å²) in [4.78, 5) is 0. The van der Waals surface area contributed by atoms with Gasteiger partial charge in [-0.25, -0.2) is 4.39 Å². The molecule has 1 rings (SSSR count). The van der Waals surface area contributed by atoms with Gasteiger partial charge in [-0.2, -0.15) is 0 Å². The third kappa shape index (κ3) is 10.0. The second-order valence-electron chi connectivity index (χ2n) is 1.54. The number of halogens is 4. The molecule has 0 radical (unpaired) electrons. The van der Waals surface area contributed by atoms with Crippen LogP contribution in [0.5, 0.6) is 0 Å². The third-order valence-corrected chi connectivity index (χ3v) is 0.733. The van der Waals surface area contributed by atoms with Crippen molar-refractivity contribution in [1.82, 2.24) is 0 Å².